The largest absolute Gasteiger partial charge is 0.460 e. The summed E-state index contributed by atoms with van der Waals surface area (Å²) in [6, 6.07) is 0. The van der Waals surface area contributed by atoms with Crippen molar-refractivity contribution in [3.63, 3.8) is 0 Å². The lowest BCUT2D eigenvalue weighted by Crippen LogP contribution is -2.70. The molecule has 4 nitrogen and oxygen atoms in total. The summed E-state index contributed by atoms with van der Waals surface area (Å²) in [4.78, 5) is 12.0. The van der Waals surface area contributed by atoms with Crippen molar-refractivity contribution in [3.05, 3.63) is 11.6 Å². The van der Waals surface area contributed by atoms with E-state index in [4.69, 9.17) is 4.74 Å². The molecule has 4 fully saturated rings. The normalized spacial score (nSPS) is 53.1. The Morgan fingerprint density at radius 3 is 2.19 bits per heavy atom. The monoisotopic (exact) mass is 500 g/mol. The van der Waals surface area contributed by atoms with Gasteiger partial charge < -0.3 is 14.9 Å². The number of aliphatic hydroxyl groups excluding tert-OH is 2. The molecule has 2 N–H and O–H groups in total. The van der Waals surface area contributed by atoms with E-state index in [2.05, 4.69) is 61.5 Å². The van der Waals surface area contributed by atoms with Crippen molar-refractivity contribution in [3.8, 4) is 0 Å². The molecule has 4 saturated carbocycles. The molecule has 4 heteroatoms. The number of carbonyl (C=O) groups is 1. The topological polar surface area (TPSA) is 66.8 Å². The Kier molecular flexibility index (Phi) is 5.82. The number of ether oxygens (including phenoxy) is 1. The molecule has 0 aromatic heterocycles. The minimum Gasteiger partial charge on any atom is -0.460 e. The predicted octanol–water partition coefficient (Wildman–Crippen LogP) is 6.68. The fourth-order valence-corrected chi connectivity index (χ4v) is 11.1. The van der Waals surface area contributed by atoms with Crippen LogP contribution in [0.1, 0.15) is 114 Å². The maximum Gasteiger partial charge on any atom is 0.302 e. The molecule has 0 unspecified atom stereocenters. The molecule has 5 aliphatic carbocycles. The molecule has 0 aromatic carbocycles. The third-order valence-electron chi connectivity index (χ3n) is 13.2. The number of esters is 1. The predicted molar refractivity (Wildman–Crippen MR) is 143 cm³/mol. The summed E-state index contributed by atoms with van der Waals surface area (Å²) in [5, 5.41) is 23.5. The molecule has 204 valence electrons. The Morgan fingerprint density at radius 2 is 1.56 bits per heavy atom. The zero-order chi connectivity index (χ0) is 26.7. The maximum atomic E-state index is 12.1. The summed E-state index contributed by atoms with van der Waals surface area (Å²) in [5.74, 6) is 0.488. The van der Waals surface area contributed by atoms with Crippen LogP contribution in [0.5, 0.6) is 0 Å². The highest BCUT2D eigenvalue weighted by Crippen LogP contribution is 2.76. The minimum atomic E-state index is -0.682. The van der Waals surface area contributed by atoms with Crippen molar-refractivity contribution >= 4 is 5.97 Å². The van der Waals surface area contributed by atoms with Crippen LogP contribution in [-0.4, -0.2) is 34.5 Å². The first-order valence-corrected chi connectivity index (χ1v) is 14.7. The molecule has 0 saturated heterocycles. The number of hydrogen-bond acceptors (Lipinski definition) is 4. The van der Waals surface area contributed by atoms with Gasteiger partial charge in [-0.3, -0.25) is 4.79 Å². The molecule has 0 radical (unpaired) electrons. The summed E-state index contributed by atoms with van der Waals surface area (Å²) >= 11 is 0. The number of carbonyl (C=O) groups excluding carboxylic acids is 1. The van der Waals surface area contributed by atoms with Crippen molar-refractivity contribution in [2.24, 2.45) is 50.2 Å². The summed E-state index contributed by atoms with van der Waals surface area (Å²) in [7, 11) is 0. The van der Waals surface area contributed by atoms with E-state index in [-0.39, 0.29) is 50.3 Å². The second-order valence-electron chi connectivity index (χ2n) is 16.0. The number of aliphatic hydroxyl groups is 2. The van der Waals surface area contributed by atoms with E-state index in [1.54, 1.807) is 5.57 Å². The SMILES string of the molecule is CC(=O)O[C@@H]1C[C@]2(C)[C@H]3[C@H](O)C[C@@H]4C5=CC(C)(C)CC[C@]5(C)CC[C@@]4(C)[C@]3(C)CC[C@H]2C(C)(C)[C@H]1O. The fraction of sp³-hybridized carbons (Fsp3) is 0.906. The van der Waals surface area contributed by atoms with Gasteiger partial charge in [-0.05, 0) is 102 Å². The zero-order valence-corrected chi connectivity index (χ0v) is 24.4. The van der Waals surface area contributed by atoms with E-state index in [1.807, 2.05) is 0 Å². The first-order chi connectivity index (χ1) is 16.4. The molecule has 10 atom stereocenters. The average molecular weight is 501 g/mol. The Labute approximate surface area is 219 Å². The standard InChI is InChI=1S/C32H52O4/c1-19(33)36-23-18-30(7)24(28(4,5)26(23)35)10-11-32(9)25(30)22(34)16-20-21-17-27(2,3)12-13-29(21,6)14-15-31(20,32)8/h17,20,22-26,34-35H,10-16,18H2,1-9H3/t20-,22-,23-,24+,25-,26+,29-,30+,31-,32-/m1/s1. The summed E-state index contributed by atoms with van der Waals surface area (Å²) < 4.78 is 5.76. The van der Waals surface area contributed by atoms with Crippen molar-refractivity contribution < 1.29 is 19.7 Å². The van der Waals surface area contributed by atoms with Crippen LogP contribution in [0.25, 0.3) is 0 Å². The van der Waals surface area contributed by atoms with Gasteiger partial charge in [0, 0.05) is 6.92 Å². The van der Waals surface area contributed by atoms with Crippen LogP contribution >= 0.6 is 0 Å². The molecule has 0 amide bonds. The highest BCUT2D eigenvalue weighted by molar-refractivity contribution is 5.66. The van der Waals surface area contributed by atoms with Gasteiger partial charge in [0.2, 0.25) is 0 Å². The molecule has 0 aromatic rings. The second-order valence-corrected chi connectivity index (χ2v) is 16.0. The minimum absolute atomic E-state index is 0.0104. The summed E-state index contributed by atoms with van der Waals surface area (Å²) in [6.07, 6.45) is 9.57. The van der Waals surface area contributed by atoms with Crippen LogP contribution in [0.15, 0.2) is 11.6 Å². The quantitative estimate of drug-likeness (QED) is 0.311. The second kappa shape index (κ2) is 7.84. The molecule has 0 aliphatic heterocycles. The van der Waals surface area contributed by atoms with Gasteiger partial charge in [-0.1, -0.05) is 67.0 Å². The van der Waals surface area contributed by atoms with Gasteiger partial charge in [0.15, 0.2) is 0 Å². The lowest BCUT2D eigenvalue weighted by atomic mass is 9.32. The molecule has 5 rings (SSSR count). The number of allylic oxidation sites excluding steroid dienone is 2. The van der Waals surface area contributed by atoms with Gasteiger partial charge in [-0.15, -0.1) is 0 Å². The third kappa shape index (κ3) is 3.41. The van der Waals surface area contributed by atoms with Crippen LogP contribution in [0, 0.1) is 50.2 Å². The first kappa shape index (κ1) is 26.7. The highest BCUT2D eigenvalue weighted by atomic mass is 16.6. The third-order valence-corrected chi connectivity index (χ3v) is 13.2. The van der Waals surface area contributed by atoms with Gasteiger partial charge in [-0.25, -0.2) is 0 Å². The Hall–Kier alpha value is -0.870. The lowest BCUT2D eigenvalue weighted by molar-refractivity contribution is -0.276. The van der Waals surface area contributed by atoms with Crippen molar-refractivity contribution in [1.82, 2.24) is 0 Å². The number of rotatable bonds is 1. The molecular weight excluding hydrogens is 448 g/mol. The van der Waals surface area contributed by atoms with E-state index in [0.29, 0.717) is 12.3 Å². The number of fused-ring (bicyclic) bond motifs is 7. The van der Waals surface area contributed by atoms with E-state index in [1.165, 1.54) is 32.6 Å². The van der Waals surface area contributed by atoms with Crippen molar-refractivity contribution in [2.45, 2.75) is 132 Å². The maximum absolute atomic E-state index is 12.1. The van der Waals surface area contributed by atoms with Crippen LogP contribution < -0.4 is 0 Å². The Balaban J connectivity index is 1.60. The van der Waals surface area contributed by atoms with Gasteiger partial charge in [0.25, 0.3) is 0 Å². The summed E-state index contributed by atoms with van der Waals surface area (Å²) in [6.45, 7) is 20.4. The van der Waals surface area contributed by atoms with E-state index < -0.39 is 18.3 Å². The zero-order valence-electron chi connectivity index (χ0n) is 24.4. The van der Waals surface area contributed by atoms with Gasteiger partial charge in [0.05, 0.1) is 12.2 Å². The highest BCUT2D eigenvalue weighted by Gasteiger charge is 2.72. The van der Waals surface area contributed by atoms with Crippen LogP contribution in [-0.2, 0) is 9.53 Å². The van der Waals surface area contributed by atoms with E-state index in [0.717, 1.165) is 19.3 Å². The van der Waals surface area contributed by atoms with E-state index >= 15 is 0 Å². The molecule has 0 heterocycles. The van der Waals surface area contributed by atoms with Crippen LogP contribution in [0.4, 0.5) is 0 Å². The average Bonchev–Trinajstić information content (AvgIpc) is 2.74. The molecule has 0 spiro atoms. The Bertz CT molecular complexity index is 965. The van der Waals surface area contributed by atoms with Crippen molar-refractivity contribution in [1.29, 1.82) is 0 Å². The molecule has 36 heavy (non-hydrogen) atoms. The molecule has 0 bridgehead atoms. The Morgan fingerprint density at radius 1 is 0.917 bits per heavy atom. The van der Waals surface area contributed by atoms with Gasteiger partial charge in [0.1, 0.15) is 6.10 Å². The first-order valence-electron chi connectivity index (χ1n) is 14.7. The van der Waals surface area contributed by atoms with Crippen LogP contribution in [0.3, 0.4) is 0 Å². The molecular formula is C32H52O4. The smallest absolute Gasteiger partial charge is 0.302 e. The van der Waals surface area contributed by atoms with Crippen LogP contribution in [0.2, 0.25) is 0 Å². The fourth-order valence-electron chi connectivity index (χ4n) is 11.1. The lowest BCUT2D eigenvalue weighted by Gasteiger charge is -2.73. The summed E-state index contributed by atoms with van der Waals surface area (Å²) in [5.41, 5.74) is 1.65. The van der Waals surface area contributed by atoms with Gasteiger partial charge >= 0.3 is 5.97 Å². The molecule has 5 aliphatic rings. The number of hydrogen-bond donors (Lipinski definition) is 2. The van der Waals surface area contributed by atoms with E-state index in [9.17, 15) is 15.0 Å². The van der Waals surface area contributed by atoms with Gasteiger partial charge in [-0.2, -0.15) is 0 Å². The van der Waals surface area contributed by atoms with Crippen molar-refractivity contribution in [2.75, 3.05) is 0 Å².